The highest BCUT2D eigenvalue weighted by molar-refractivity contribution is 5.83. The summed E-state index contributed by atoms with van der Waals surface area (Å²) in [5.74, 6) is 1.28. The Labute approximate surface area is 129 Å². The minimum atomic E-state index is -0.779. The molecular weight excluding hydrogens is 264 g/mol. The normalized spacial score (nSPS) is 34.1. The van der Waals surface area contributed by atoms with Crippen molar-refractivity contribution in [2.75, 3.05) is 13.2 Å². The molecule has 122 valence electrons. The van der Waals surface area contributed by atoms with Gasteiger partial charge < -0.3 is 9.84 Å². The Morgan fingerprint density at radius 2 is 1.90 bits per heavy atom. The topological polar surface area (TPSA) is 46.5 Å². The molecule has 0 aromatic carbocycles. The maximum Gasteiger partial charge on any atom is 0.136 e. The highest BCUT2D eigenvalue weighted by atomic mass is 16.5. The summed E-state index contributed by atoms with van der Waals surface area (Å²) in [6.07, 6.45) is 5.18. The Hall–Kier alpha value is -0.410. The molecule has 3 heteroatoms. The third kappa shape index (κ3) is 3.50. The van der Waals surface area contributed by atoms with Gasteiger partial charge in [0, 0.05) is 12.3 Å². The van der Waals surface area contributed by atoms with E-state index in [0.29, 0.717) is 24.9 Å². The van der Waals surface area contributed by atoms with E-state index in [1.165, 1.54) is 6.42 Å². The Morgan fingerprint density at radius 3 is 2.52 bits per heavy atom. The summed E-state index contributed by atoms with van der Waals surface area (Å²) in [6.45, 7) is 11.4. The van der Waals surface area contributed by atoms with E-state index in [1.54, 1.807) is 13.8 Å². The van der Waals surface area contributed by atoms with E-state index in [9.17, 15) is 9.90 Å². The lowest BCUT2D eigenvalue weighted by molar-refractivity contribution is -0.132. The molecule has 3 atom stereocenters. The van der Waals surface area contributed by atoms with Crippen LogP contribution in [0.15, 0.2) is 0 Å². The second kappa shape index (κ2) is 5.66. The van der Waals surface area contributed by atoms with Crippen molar-refractivity contribution in [2.24, 2.45) is 22.7 Å². The highest BCUT2D eigenvalue weighted by Gasteiger charge is 2.55. The van der Waals surface area contributed by atoms with Crippen LogP contribution in [0.4, 0.5) is 0 Å². The van der Waals surface area contributed by atoms with Crippen molar-refractivity contribution >= 4 is 5.78 Å². The number of carbonyl (C=O) groups excluding carboxylic acids is 1. The van der Waals surface area contributed by atoms with E-state index >= 15 is 0 Å². The van der Waals surface area contributed by atoms with Crippen LogP contribution < -0.4 is 0 Å². The molecular formula is C18H32O3. The average Bonchev–Trinajstić information content (AvgIpc) is 2.66. The second-order valence-corrected chi connectivity index (χ2v) is 8.80. The van der Waals surface area contributed by atoms with Gasteiger partial charge in [-0.05, 0) is 56.3 Å². The minimum Gasteiger partial charge on any atom is -0.388 e. The van der Waals surface area contributed by atoms with Crippen LogP contribution in [-0.4, -0.2) is 29.7 Å². The van der Waals surface area contributed by atoms with Gasteiger partial charge in [-0.25, -0.2) is 0 Å². The van der Waals surface area contributed by atoms with Gasteiger partial charge in [0.1, 0.15) is 5.78 Å². The van der Waals surface area contributed by atoms with Crippen molar-refractivity contribution < 1.29 is 14.6 Å². The van der Waals surface area contributed by atoms with Crippen molar-refractivity contribution in [3.05, 3.63) is 0 Å². The number of ketones is 1. The molecule has 0 unspecified atom stereocenters. The number of fused-ring (bicyclic) bond motifs is 1. The first-order valence-corrected chi connectivity index (χ1v) is 8.39. The number of aliphatic hydroxyl groups is 1. The fourth-order valence-corrected chi connectivity index (χ4v) is 4.88. The number of Topliss-reactive ketones (excluding diaryl/α,β-unsaturated/α-hetero) is 1. The van der Waals surface area contributed by atoms with E-state index in [0.717, 1.165) is 25.7 Å². The van der Waals surface area contributed by atoms with Crippen LogP contribution in [0.25, 0.3) is 0 Å². The molecule has 2 saturated carbocycles. The largest absolute Gasteiger partial charge is 0.388 e. The highest BCUT2D eigenvalue weighted by Crippen LogP contribution is 2.59. The molecule has 2 aliphatic rings. The summed E-state index contributed by atoms with van der Waals surface area (Å²) in [5.41, 5.74) is -0.581. The molecule has 2 aliphatic carbocycles. The first-order chi connectivity index (χ1) is 9.56. The van der Waals surface area contributed by atoms with Gasteiger partial charge >= 0.3 is 0 Å². The molecule has 21 heavy (non-hydrogen) atoms. The zero-order valence-electron chi connectivity index (χ0n) is 14.4. The van der Waals surface area contributed by atoms with Crippen molar-refractivity contribution in [1.29, 1.82) is 0 Å². The zero-order valence-corrected chi connectivity index (χ0v) is 14.4. The molecule has 2 fully saturated rings. The Kier molecular flexibility index (Phi) is 4.57. The Morgan fingerprint density at radius 1 is 1.24 bits per heavy atom. The van der Waals surface area contributed by atoms with E-state index in [1.807, 2.05) is 0 Å². The number of hydrogen-bond donors (Lipinski definition) is 1. The van der Waals surface area contributed by atoms with Crippen LogP contribution in [-0.2, 0) is 9.53 Å². The predicted molar refractivity (Wildman–Crippen MR) is 84.1 cm³/mol. The van der Waals surface area contributed by atoms with Gasteiger partial charge in [0.15, 0.2) is 0 Å². The second-order valence-electron chi connectivity index (χ2n) is 8.80. The third-order valence-electron chi connectivity index (χ3n) is 5.74. The Bertz CT molecular complexity index is 394. The maximum atomic E-state index is 12.2. The van der Waals surface area contributed by atoms with Gasteiger partial charge in [0.2, 0.25) is 0 Å². The smallest absolute Gasteiger partial charge is 0.136 e. The summed E-state index contributed by atoms with van der Waals surface area (Å²) in [5, 5.41) is 9.78. The van der Waals surface area contributed by atoms with Crippen LogP contribution in [0.2, 0.25) is 0 Å². The minimum absolute atomic E-state index is 0.0480. The van der Waals surface area contributed by atoms with Gasteiger partial charge in [-0.15, -0.1) is 0 Å². The molecule has 0 saturated heterocycles. The summed E-state index contributed by atoms with van der Waals surface area (Å²) in [4.78, 5) is 12.2. The number of ether oxygens (including phenoxy) is 1. The zero-order chi connectivity index (χ0) is 15.9. The van der Waals surface area contributed by atoms with Crippen LogP contribution >= 0.6 is 0 Å². The monoisotopic (exact) mass is 296 g/mol. The first-order valence-electron chi connectivity index (χ1n) is 8.39. The SMILES string of the molecule is CC(C)(O)COCC(C)(C)[C@H]1CC[C@H]2C(=O)CCC[C@]12C. The van der Waals surface area contributed by atoms with Crippen LogP contribution in [0, 0.1) is 22.7 Å². The molecule has 0 aromatic rings. The van der Waals surface area contributed by atoms with Crippen molar-refractivity contribution in [3.8, 4) is 0 Å². The lowest BCUT2D eigenvalue weighted by atomic mass is 9.58. The molecule has 0 radical (unpaired) electrons. The molecule has 0 bridgehead atoms. The molecule has 0 spiro atoms. The van der Waals surface area contributed by atoms with Crippen molar-refractivity contribution in [1.82, 2.24) is 0 Å². The van der Waals surface area contributed by atoms with Gasteiger partial charge in [-0.1, -0.05) is 20.8 Å². The standard InChI is InChI=1S/C18H32O3/c1-16(2,11-21-12-17(3,4)20)15-9-8-13-14(19)7-6-10-18(13,15)5/h13,15,20H,6-12H2,1-5H3/t13-,15+,18-/m0/s1. The molecule has 1 N–H and O–H groups in total. The maximum absolute atomic E-state index is 12.2. The molecule has 0 aliphatic heterocycles. The number of rotatable bonds is 5. The lowest BCUT2D eigenvalue weighted by Gasteiger charge is -2.46. The molecule has 0 heterocycles. The van der Waals surface area contributed by atoms with Crippen LogP contribution in [0.1, 0.15) is 66.7 Å². The van der Waals surface area contributed by atoms with E-state index < -0.39 is 5.60 Å². The molecule has 0 amide bonds. The van der Waals surface area contributed by atoms with E-state index in [2.05, 4.69) is 20.8 Å². The van der Waals surface area contributed by atoms with Gasteiger partial charge in [-0.3, -0.25) is 4.79 Å². The fourth-order valence-electron chi connectivity index (χ4n) is 4.88. The summed E-state index contributed by atoms with van der Waals surface area (Å²) in [7, 11) is 0. The number of carbonyl (C=O) groups is 1. The fraction of sp³-hybridized carbons (Fsp3) is 0.944. The molecule has 2 rings (SSSR count). The number of hydrogen-bond acceptors (Lipinski definition) is 3. The molecule has 3 nitrogen and oxygen atoms in total. The quantitative estimate of drug-likeness (QED) is 0.843. The van der Waals surface area contributed by atoms with E-state index in [-0.39, 0.29) is 16.7 Å². The summed E-state index contributed by atoms with van der Waals surface area (Å²) in [6, 6.07) is 0. The summed E-state index contributed by atoms with van der Waals surface area (Å²) >= 11 is 0. The third-order valence-corrected chi connectivity index (χ3v) is 5.74. The lowest BCUT2D eigenvalue weighted by Crippen LogP contribution is -2.44. The van der Waals surface area contributed by atoms with Crippen molar-refractivity contribution in [2.45, 2.75) is 72.3 Å². The molecule has 0 aromatic heterocycles. The van der Waals surface area contributed by atoms with Gasteiger partial charge in [0.25, 0.3) is 0 Å². The first kappa shape index (κ1) is 17.0. The summed E-state index contributed by atoms with van der Waals surface area (Å²) < 4.78 is 5.79. The Balaban J connectivity index is 2.04. The van der Waals surface area contributed by atoms with Crippen molar-refractivity contribution in [3.63, 3.8) is 0 Å². The average molecular weight is 296 g/mol. The van der Waals surface area contributed by atoms with Crippen LogP contribution in [0.5, 0.6) is 0 Å². The predicted octanol–water partition coefficient (Wildman–Crippen LogP) is 3.59. The van der Waals surface area contributed by atoms with Crippen LogP contribution in [0.3, 0.4) is 0 Å². The van der Waals surface area contributed by atoms with Gasteiger partial charge in [-0.2, -0.15) is 0 Å². The van der Waals surface area contributed by atoms with E-state index in [4.69, 9.17) is 4.74 Å². The van der Waals surface area contributed by atoms with Gasteiger partial charge in [0.05, 0.1) is 18.8 Å².